The fourth-order valence-corrected chi connectivity index (χ4v) is 5.22. The maximum atomic E-state index is 14.5. The second kappa shape index (κ2) is 12.3. The highest BCUT2D eigenvalue weighted by Crippen LogP contribution is 2.32. The highest BCUT2D eigenvalue weighted by Gasteiger charge is 2.32. The van der Waals surface area contributed by atoms with Gasteiger partial charge in [-0.1, -0.05) is 31.0 Å². The van der Waals surface area contributed by atoms with Crippen LogP contribution in [-0.2, 0) is 26.2 Å². The SMILES string of the molecule is COc1ccc(N(CC(=O)N(Cc2ccccc2F)[C@H](C)C(=O)NC2CCCC2)S(C)(=O)=O)cc1OC. The van der Waals surface area contributed by atoms with Crippen molar-refractivity contribution in [2.24, 2.45) is 0 Å². The van der Waals surface area contributed by atoms with Crippen LogP contribution in [0.3, 0.4) is 0 Å². The number of hydrogen-bond donors (Lipinski definition) is 1. The Bertz CT molecular complexity index is 1220. The Morgan fingerprint density at radius 3 is 2.32 bits per heavy atom. The van der Waals surface area contributed by atoms with Crippen LogP contribution >= 0.6 is 0 Å². The van der Waals surface area contributed by atoms with Gasteiger partial charge < -0.3 is 19.7 Å². The van der Waals surface area contributed by atoms with Crippen LogP contribution < -0.4 is 19.1 Å². The molecule has 0 aromatic heterocycles. The van der Waals surface area contributed by atoms with Gasteiger partial charge in [0.1, 0.15) is 18.4 Å². The Morgan fingerprint density at radius 2 is 1.73 bits per heavy atom. The molecule has 37 heavy (non-hydrogen) atoms. The zero-order chi connectivity index (χ0) is 27.2. The van der Waals surface area contributed by atoms with Gasteiger partial charge in [-0.25, -0.2) is 12.8 Å². The van der Waals surface area contributed by atoms with Gasteiger partial charge in [-0.15, -0.1) is 0 Å². The number of methoxy groups -OCH3 is 2. The Morgan fingerprint density at radius 1 is 1.08 bits per heavy atom. The van der Waals surface area contributed by atoms with E-state index in [4.69, 9.17) is 9.47 Å². The maximum Gasteiger partial charge on any atom is 0.244 e. The van der Waals surface area contributed by atoms with Gasteiger partial charge in [-0.3, -0.25) is 13.9 Å². The first-order valence-electron chi connectivity index (χ1n) is 12.1. The van der Waals surface area contributed by atoms with E-state index in [0.717, 1.165) is 36.2 Å². The van der Waals surface area contributed by atoms with E-state index in [1.54, 1.807) is 13.0 Å². The summed E-state index contributed by atoms with van der Waals surface area (Å²) in [6.45, 7) is 0.766. The minimum atomic E-state index is -3.92. The van der Waals surface area contributed by atoms with Gasteiger partial charge in [0.05, 0.1) is 26.2 Å². The number of amides is 2. The molecule has 9 nitrogen and oxygen atoms in total. The van der Waals surface area contributed by atoms with E-state index >= 15 is 0 Å². The highest BCUT2D eigenvalue weighted by atomic mass is 32.2. The van der Waals surface area contributed by atoms with E-state index in [1.165, 1.54) is 55.5 Å². The summed E-state index contributed by atoms with van der Waals surface area (Å²) < 4.78 is 51.4. The van der Waals surface area contributed by atoms with Gasteiger partial charge in [-0.2, -0.15) is 0 Å². The first kappa shape index (κ1) is 28.2. The Labute approximate surface area is 217 Å². The van der Waals surface area contributed by atoms with Crippen LogP contribution in [0.4, 0.5) is 10.1 Å². The normalized spacial score (nSPS) is 14.6. The van der Waals surface area contributed by atoms with Crippen LogP contribution in [-0.4, -0.2) is 64.2 Å². The number of rotatable bonds is 11. The van der Waals surface area contributed by atoms with Crippen molar-refractivity contribution in [2.45, 2.75) is 51.2 Å². The zero-order valence-electron chi connectivity index (χ0n) is 21.6. The van der Waals surface area contributed by atoms with Crippen molar-refractivity contribution in [3.05, 3.63) is 53.8 Å². The van der Waals surface area contributed by atoms with Gasteiger partial charge in [0.15, 0.2) is 11.5 Å². The third-order valence-electron chi connectivity index (χ3n) is 6.50. The molecule has 1 saturated carbocycles. The summed E-state index contributed by atoms with van der Waals surface area (Å²) in [6.07, 6.45) is 4.74. The predicted molar refractivity (Wildman–Crippen MR) is 139 cm³/mol. The number of carbonyl (C=O) groups excluding carboxylic acids is 2. The average Bonchev–Trinajstić information content (AvgIpc) is 3.38. The summed E-state index contributed by atoms with van der Waals surface area (Å²) in [4.78, 5) is 27.9. The first-order valence-corrected chi connectivity index (χ1v) is 13.9. The fourth-order valence-electron chi connectivity index (χ4n) is 4.38. The molecule has 1 N–H and O–H groups in total. The molecule has 2 amide bonds. The Kier molecular flexibility index (Phi) is 9.36. The molecule has 0 radical (unpaired) electrons. The lowest BCUT2D eigenvalue weighted by atomic mass is 10.1. The standard InChI is InChI=1S/C26H34FN3O6S/c1-18(26(32)28-20-10-6-7-11-20)29(16-19-9-5-8-12-22(19)27)25(31)17-30(37(4,33)34)21-13-14-23(35-2)24(15-21)36-3/h5,8-9,12-15,18,20H,6-7,10-11,16-17H2,1-4H3,(H,28,32)/t18-/m1/s1. The van der Waals surface area contributed by atoms with E-state index < -0.39 is 34.3 Å². The molecule has 2 aromatic carbocycles. The van der Waals surface area contributed by atoms with Crippen molar-refractivity contribution in [2.75, 3.05) is 31.3 Å². The lowest BCUT2D eigenvalue weighted by molar-refractivity contribution is -0.139. The van der Waals surface area contributed by atoms with Gasteiger partial charge in [-0.05, 0) is 38.0 Å². The van der Waals surface area contributed by atoms with Crippen molar-refractivity contribution < 1.29 is 31.9 Å². The smallest absolute Gasteiger partial charge is 0.244 e. The third-order valence-corrected chi connectivity index (χ3v) is 7.64. The molecule has 202 valence electrons. The van der Waals surface area contributed by atoms with Crippen LogP contribution in [0.1, 0.15) is 38.2 Å². The number of hydrogen-bond acceptors (Lipinski definition) is 6. The predicted octanol–water partition coefficient (Wildman–Crippen LogP) is 3.09. The molecular formula is C26H34FN3O6S. The van der Waals surface area contributed by atoms with Gasteiger partial charge >= 0.3 is 0 Å². The summed E-state index contributed by atoms with van der Waals surface area (Å²) in [5.41, 5.74) is 0.399. The van der Waals surface area contributed by atoms with Gasteiger partial charge in [0.2, 0.25) is 21.8 Å². The second-order valence-corrected chi connectivity index (χ2v) is 11.0. The molecule has 0 aliphatic heterocycles. The lowest BCUT2D eigenvalue weighted by Crippen LogP contribution is -2.52. The second-order valence-electron chi connectivity index (χ2n) is 9.09. The quantitative estimate of drug-likeness (QED) is 0.474. The van der Waals surface area contributed by atoms with Crippen molar-refractivity contribution >= 4 is 27.5 Å². The minimum Gasteiger partial charge on any atom is -0.493 e. The summed E-state index contributed by atoms with van der Waals surface area (Å²) in [7, 11) is -1.05. The zero-order valence-corrected chi connectivity index (χ0v) is 22.4. The first-order chi connectivity index (χ1) is 17.5. The summed E-state index contributed by atoms with van der Waals surface area (Å²) in [5.74, 6) is -0.868. The number of anilines is 1. The van der Waals surface area contributed by atoms with Gasteiger partial charge in [0.25, 0.3) is 0 Å². The number of ether oxygens (including phenoxy) is 2. The summed E-state index contributed by atoms with van der Waals surface area (Å²) in [6, 6.07) is 9.51. The van der Waals surface area contributed by atoms with Crippen LogP contribution in [0.25, 0.3) is 0 Å². The number of nitrogens with one attached hydrogen (secondary N) is 1. The van der Waals surface area contributed by atoms with Crippen LogP contribution in [0.5, 0.6) is 11.5 Å². The van der Waals surface area contributed by atoms with Crippen LogP contribution in [0.2, 0.25) is 0 Å². The maximum absolute atomic E-state index is 14.5. The Hall–Kier alpha value is -3.34. The van der Waals surface area contributed by atoms with Crippen molar-refractivity contribution in [1.82, 2.24) is 10.2 Å². The highest BCUT2D eigenvalue weighted by molar-refractivity contribution is 7.92. The van der Waals surface area contributed by atoms with E-state index in [-0.39, 0.29) is 35.5 Å². The number of benzene rings is 2. The number of nitrogens with zero attached hydrogens (tertiary/aromatic N) is 2. The van der Waals surface area contributed by atoms with E-state index in [2.05, 4.69) is 5.32 Å². The summed E-state index contributed by atoms with van der Waals surface area (Å²) >= 11 is 0. The number of sulfonamides is 1. The molecule has 1 aliphatic rings. The molecule has 2 aromatic rings. The van der Waals surface area contributed by atoms with E-state index in [0.29, 0.717) is 5.75 Å². The minimum absolute atomic E-state index is 0.0274. The lowest BCUT2D eigenvalue weighted by Gasteiger charge is -2.32. The van der Waals surface area contributed by atoms with Crippen molar-refractivity contribution in [1.29, 1.82) is 0 Å². The molecule has 11 heteroatoms. The van der Waals surface area contributed by atoms with E-state index in [9.17, 15) is 22.4 Å². The van der Waals surface area contributed by atoms with Crippen LogP contribution in [0.15, 0.2) is 42.5 Å². The molecule has 0 spiro atoms. The fraction of sp³-hybridized carbons (Fsp3) is 0.462. The van der Waals surface area contributed by atoms with Crippen LogP contribution in [0, 0.1) is 5.82 Å². The molecule has 1 atom stereocenters. The molecule has 1 aliphatic carbocycles. The molecule has 0 saturated heterocycles. The van der Waals surface area contributed by atoms with Crippen molar-refractivity contribution in [3.8, 4) is 11.5 Å². The number of halogens is 1. The Balaban J connectivity index is 1.92. The molecule has 0 heterocycles. The average molecular weight is 536 g/mol. The molecular weight excluding hydrogens is 501 g/mol. The van der Waals surface area contributed by atoms with E-state index in [1.807, 2.05) is 0 Å². The number of carbonyl (C=O) groups is 2. The molecule has 1 fully saturated rings. The largest absolute Gasteiger partial charge is 0.493 e. The van der Waals surface area contributed by atoms with Gasteiger partial charge in [0, 0.05) is 24.2 Å². The van der Waals surface area contributed by atoms with Crippen molar-refractivity contribution in [3.63, 3.8) is 0 Å². The molecule has 0 bridgehead atoms. The molecule has 0 unspecified atom stereocenters. The topological polar surface area (TPSA) is 105 Å². The molecule has 3 rings (SSSR count). The third kappa shape index (κ3) is 7.12. The monoisotopic (exact) mass is 535 g/mol. The summed E-state index contributed by atoms with van der Waals surface area (Å²) in [5, 5.41) is 2.97.